The number of rotatable bonds is 4. The number of carbonyl (C=O) groups excluding carboxylic acids is 2. The van der Waals surface area contributed by atoms with Gasteiger partial charge >= 0.3 is 0 Å². The second-order valence-corrected chi connectivity index (χ2v) is 6.21. The van der Waals surface area contributed by atoms with Gasteiger partial charge in [-0.25, -0.2) is 0 Å². The minimum atomic E-state index is -1.21. The molecule has 0 aliphatic carbocycles. The van der Waals surface area contributed by atoms with Gasteiger partial charge in [0.2, 0.25) is 0 Å². The number of aromatic carboxylic acids is 1. The summed E-state index contributed by atoms with van der Waals surface area (Å²) in [6, 6.07) is 17.9. The van der Waals surface area contributed by atoms with E-state index in [2.05, 4.69) is 5.32 Å². The number of benzene rings is 3. The lowest BCUT2D eigenvalue weighted by atomic mass is 10.0. The average Bonchev–Trinajstić information content (AvgIpc) is 2.61. The van der Waals surface area contributed by atoms with Crippen molar-refractivity contribution < 1.29 is 14.7 Å². The summed E-state index contributed by atoms with van der Waals surface area (Å²) in [6.45, 7) is 0. The standard InChI is InChI=1S/C19H15NO3S/c1-20-18(21)13-8-2-3-10-15(13)24-16-11-5-7-12-6-4-9-14(17(12)16)19(22)23/h2-11H,1H3,(H,20,21)(H,22,23)/p-1. The largest absolute Gasteiger partial charge is 0.545 e. The molecule has 0 aromatic heterocycles. The van der Waals surface area contributed by atoms with Gasteiger partial charge in [-0.15, -0.1) is 0 Å². The molecule has 0 bridgehead atoms. The molecule has 3 aromatic rings. The summed E-state index contributed by atoms with van der Waals surface area (Å²) >= 11 is 1.37. The van der Waals surface area contributed by atoms with Crippen LogP contribution in [-0.2, 0) is 0 Å². The molecule has 0 radical (unpaired) electrons. The summed E-state index contributed by atoms with van der Waals surface area (Å²) in [5.74, 6) is -1.40. The molecule has 0 atom stereocenters. The van der Waals surface area contributed by atoms with Gasteiger partial charge in [0.1, 0.15) is 0 Å². The molecule has 0 spiro atoms. The van der Waals surface area contributed by atoms with Crippen molar-refractivity contribution in [3.05, 3.63) is 71.8 Å². The van der Waals surface area contributed by atoms with Crippen LogP contribution in [0.2, 0.25) is 0 Å². The highest BCUT2D eigenvalue weighted by molar-refractivity contribution is 7.99. The van der Waals surface area contributed by atoms with Gasteiger partial charge in [-0.1, -0.05) is 54.2 Å². The molecule has 0 heterocycles. The van der Waals surface area contributed by atoms with Crippen LogP contribution in [0.4, 0.5) is 0 Å². The number of fused-ring (bicyclic) bond motifs is 1. The quantitative estimate of drug-likeness (QED) is 0.795. The Morgan fingerprint density at radius 3 is 2.21 bits per heavy atom. The number of nitrogens with one attached hydrogen (secondary N) is 1. The van der Waals surface area contributed by atoms with Crippen LogP contribution in [0.3, 0.4) is 0 Å². The highest BCUT2D eigenvalue weighted by atomic mass is 32.2. The summed E-state index contributed by atoms with van der Waals surface area (Å²) in [4.78, 5) is 25.0. The van der Waals surface area contributed by atoms with E-state index in [1.165, 1.54) is 17.8 Å². The van der Waals surface area contributed by atoms with E-state index in [9.17, 15) is 14.7 Å². The van der Waals surface area contributed by atoms with Crippen molar-refractivity contribution in [2.24, 2.45) is 0 Å². The predicted molar refractivity (Wildman–Crippen MR) is 92.2 cm³/mol. The van der Waals surface area contributed by atoms with Crippen LogP contribution in [-0.4, -0.2) is 18.9 Å². The van der Waals surface area contributed by atoms with Gasteiger partial charge < -0.3 is 15.2 Å². The Kier molecular flexibility index (Phi) is 4.53. The zero-order chi connectivity index (χ0) is 17.1. The lowest BCUT2D eigenvalue weighted by molar-refractivity contribution is -0.254. The van der Waals surface area contributed by atoms with Crippen molar-refractivity contribution in [1.29, 1.82) is 0 Å². The molecule has 0 unspecified atom stereocenters. The molecule has 3 rings (SSSR count). The summed E-state index contributed by atoms with van der Waals surface area (Å²) in [5.41, 5.74) is 0.695. The first-order chi connectivity index (χ1) is 11.6. The topological polar surface area (TPSA) is 69.2 Å². The minimum absolute atomic E-state index is 0.146. The van der Waals surface area contributed by atoms with Crippen molar-refractivity contribution >= 4 is 34.4 Å². The van der Waals surface area contributed by atoms with Gasteiger partial charge in [0.25, 0.3) is 5.91 Å². The Bertz CT molecular complexity index is 932. The van der Waals surface area contributed by atoms with E-state index in [4.69, 9.17) is 0 Å². The molecule has 1 N–H and O–H groups in total. The Balaban J connectivity index is 2.16. The molecule has 3 aromatic carbocycles. The number of carboxylic acid groups (broad SMARTS) is 1. The van der Waals surface area contributed by atoms with Gasteiger partial charge in [-0.3, -0.25) is 4.79 Å². The van der Waals surface area contributed by atoms with E-state index < -0.39 is 5.97 Å². The summed E-state index contributed by atoms with van der Waals surface area (Å²) in [6.07, 6.45) is 0. The van der Waals surface area contributed by atoms with E-state index in [0.29, 0.717) is 10.9 Å². The molecule has 0 aliphatic rings. The maximum Gasteiger partial charge on any atom is 0.252 e. The van der Waals surface area contributed by atoms with Gasteiger partial charge in [-0.2, -0.15) is 0 Å². The molecule has 0 fully saturated rings. The monoisotopic (exact) mass is 336 g/mol. The Hall–Kier alpha value is -2.79. The fraction of sp³-hybridized carbons (Fsp3) is 0.0526. The first-order valence-electron chi connectivity index (χ1n) is 7.34. The number of carbonyl (C=O) groups is 2. The van der Waals surface area contributed by atoms with E-state index in [-0.39, 0.29) is 11.5 Å². The number of amides is 1. The Morgan fingerprint density at radius 2 is 1.50 bits per heavy atom. The van der Waals surface area contributed by atoms with Crippen LogP contribution < -0.4 is 10.4 Å². The molecule has 0 saturated heterocycles. The first-order valence-corrected chi connectivity index (χ1v) is 8.15. The van der Waals surface area contributed by atoms with Crippen LogP contribution in [0, 0.1) is 0 Å². The summed E-state index contributed by atoms with van der Waals surface area (Å²) in [5, 5.41) is 15.5. The highest BCUT2D eigenvalue weighted by Crippen LogP contribution is 2.36. The number of hydrogen-bond acceptors (Lipinski definition) is 4. The minimum Gasteiger partial charge on any atom is -0.545 e. The average molecular weight is 336 g/mol. The molecular weight excluding hydrogens is 322 g/mol. The molecule has 120 valence electrons. The molecule has 0 aliphatic heterocycles. The lowest BCUT2D eigenvalue weighted by Crippen LogP contribution is -2.22. The predicted octanol–water partition coefficient (Wildman–Crippen LogP) is 2.71. The zero-order valence-electron chi connectivity index (χ0n) is 12.9. The molecule has 5 heteroatoms. The third-order valence-corrected chi connectivity index (χ3v) is 4.80. The van der Waals surface area contributed by atoms with Crippen molar-refractivity contribution in [1.82, 2.24) is 5.32 Å². The van der Waals surface area contributed by atoms with E-state index in [1.54, 1.807) is 25.2 Å². The van der Waals surface area contributed by atoms with Crippen LogP contribution >= 0.6 is 11.8 Å². The maximum atomic E-state index is 12.0. The summed E-state index contributed by atoms with van der Waals surface area (Å²) < 4.78 is 0. The third-order valence-electron chi connectivity index (χ3n) is 3.67. The van der Waals surface area contributed by atoms with Crippen LogP contribution in [0.5, 0.6) is 0 Å². The molecular formula is C19H14NO3S-. The zero-order valence-corrected chi connectivity index (χ0v) is 13.7. The van der Waals surface area contributed by atoms with Gasteiger partial charge in [0.05, 0.1) is 11.5 Å². The maximum absolute atomic E-state index is 12.0. The molecule has 24 heavy (non-hydrogen) atoms. The smallest absolute Gasteiger partial charge is 0.252 e. The van der Waals surface area contributed by atoms with Crippen LogP contribution in [0.25, 0.3) is 10.8 Å². The number of hydrogen-bond donors (Lipinski definition) is 1. The Morgan fingerprint density at radius 1 is 0.875 bits per heavy atom. The van der Waals surface area contributed by atoms with Crippen molar-refractivity contribution in [2.75, 3.05) is 7.05 Å². The lowest BCUT2D eigenvalue weighted by Gasteiger charge is -2.13. The molecule has 4 nitrogen and oxygen atoms in total. The second kappa shape index (κ2) is 6.76. The van der Waals surface area contributed by atoms with E-state index >= 15 is 0 Å². The van der Waals surface area contributed by atoms with Gasteiger partial charge in [-0.05, 0) is 23.6 Å². The summed E-state index contributed by atoms with van der Waals surface area (Å²) in [7, 11) is 1.58. The van der Waals surface area contributed by atoms with Crippen LogP contribution in [0.15, 0.2) is 70.5 Å². The highest BCUT2D eigenvalue weighted by Gasteiger charge is 2.13. The second-order valence-electron chi connectivity index (χ2n) is 5.12. The molecule has 1 amide bonds. The number of carboxylic acids is 1. The normalized spacial score (nSPS) is 10.5. The fourth-order valence-electron chi connectivity index (χ4n) is 2.56. The van der Waals surface area contributed by atoms with E-state index in [1.807, 2.05) is 36.4 Å². The SMILES string of the molecule is CNC(=O)c1ccccc1Sc1cccc2cccc(C(=O)[O-])c12. The van der Waals surface area contributed by atoms with Crippen molar-refractivity contribution in [3.8, 4) is 0 Å². The third kappa shape index (κ3) is 2.98. The van der Waals surface area contributed by atoms with Crippen LogP contribution in [0.1, 0.15) is 20.7 Å². The van der Waals surface area contributed by atoms with Crippen molar-refractivity contribution in [3.63, 3.8) is 0 Å². The fourth-order valence-corrected chi connectivity index (χ4v) is 3.69. The Labute approximate surface area is 143 Å². The van der Waals surface area contributed by atoms with Gasteiger partial charge in [0.15, 0.2) is 0 Å². The first kappa shape index (κ1) is 16.1. The molecule has 0 saturated carbocycles. The van der Waals surface area contributed by atoms with E-state index in [0.717, 1.165) is 15.2 Å². The van der Waals surface area contributed by atoms with Gasteiger partial charge in [0, 0.05) is 27.8 Å². The van der Waals surface area contributed by atoms with Crippen molar-refractivity contribution in [2.45, 2.75) is 9.79 Å².